The lowest BCUT2D eigenvalue weighted by atomic mass is 9.76. The molecule has 0 aromatic carbocycles. The third kappa shape index (κ3) is 2.14. The predicted octanol–water partition coefficient (Wildman–Crippen LogP) is 2.21. The van der Waals surface area contributed by atoms with E-state index in [1.165, 1.54) is 0 Å². The van der Waals surface area contributed by atoms with Crippen LogP contribution in [0.2, 0.25) is 0 Å². The fourth-order valence-electron chi connectivity index (χ4n) is 3.75. The van der Waals surface area contributed by atoms with E-state index in [2.05, 4.69) is 0 Å². The van der Waals surface area contributed by atoms with Crippen molar-refractivity contribution in [3.8, 4) is 0 Å². The predicted molar refractivity (Wildman–Crippen MR) is 70.1 cm³/mol. The van der Waals surface area contributed by atoms with Crippen LogP contribution >= 0.6 is 0 Å². The van der Waals surface area contributed by atoms with E-state index in [0.29, 0.717) is 12.8 Å². The van der Waals surface area contributed by atoms with Crippen molar-refractivity contribution in [3.63, 3.8) is 0 Å². The summed E-state index contributed by atoms with van der Waals surface area (Å²) in [6.07, 6.45) is 2.30. The van der Waals surface area contributed by atoms with Crippen LogP contribution in [0.1, 0.15) is 53.4 Å². The number of carbonyl (C=O) groups is 1. The Labute approximate surface area is 109 Å². The third-order valence-corrected chi connectivity index (χ3v) is 4.93. The smallest absolute Gasteiger partial charge is 0.161 e. The molecule has 2 N–H and O–H groups in total. The number of Topliss-reactive ketones (excluding diaryl/α,β-unsaturated/α-hetero) is 1. The van der Waals surface area contributed by atoms with Crippen molar-refractivity contribution in [2.24, 2.45) is 11.8 Å². The first kappa shape index (κ1) is 13.8. The van der Waals surface area contributed by atoms with Gasteiger partial charge in [-0.1, -0.05) is 5.57 Å². The van der Waals surface area contributed by atoms with E-state index < -0.39 is 11.2 Å². The van der Waals surface area contributed by atoms with Gasteiger partial charge in [-0.05, 0) is 64.4 Å². The molecule has 2 aliphatic carbocycles. The third-order valence-electron chi connectivity index (χ3n) is 4.93. The molecule has 0 unspecified atom stereocenters. The number of hydrogen-bond donors (Lipinski definition) is 2. The largest absolute Gasteiger partial charge is 0.390 e. The van der Waals surface area contributed by atoms with Crippen molar-refractivity contribution in [2.45, 2.75) is 64.6 Å². The highest BCUT2D eigenvalue weighted by atomic mass is 16.3. The number of hydrogen-bond acceptors (Lipinski definition) is 3. The van der Waals surface area contributed by atoms with Gasteiger partial charge in [-0.25, -0.2) is 0 Å². The van der Waals surface area contributed by atoms with E-state index in [4.69, 9.17) is 0 Å². The van der Waals surface area contributed by atoms with Gasteiger partial charge in [0.25, 0.3) is 0 Å². The Morgan fingerprint density at radius 2 is 1.78 bits per heavy atom. The van der Waals surface area contributed by atoms with Crippen molar-refractivity contribution in [1.29, 1.82) is 0 Å². The van der Waals surface area contributed by atoms with Crippen molar-refractivity contribution in [3.05, 3.63) is 11.1 Å². The normalized spacial score (nSPS) is 44.8. The molecule has 3 heteroatoms. The molecule has 4 atom stereocenters. The van der Waals surface area contributed by atoms with E-state index in [-0.39, 0.29) is 24.0 Å². The maximum Gasteiger partial charge on any atom is 0.161 e. The van der Waals surface area contributed by atoms with Gasteiger partial charge in [0.15, 0.2) is 5.78 Å². The van der Waals surface area contributed by atoms with Gasteiger partial charge in [0, 0.05) is 6.42 Å². The molecular weight excluding hydrogens is 228 g/mol. The second-order valence-corrected chi connectivity index (χ2v) is 6.75. The molecule has 3 nitrogen and oxygen atoms in total. The number of rotatable bonds is 0. The molecule has 0 radical (unpaired) electrons. The van der Waals surface area contributed by atoms with Crippen LogP contribution in [0.3, 0.4) is 0 Å². The van der Waals surface area contributed by atoms with Gasteiger partial charge in [0.1, 0.15) is 0 Å². The van der Waals surface area contributed by atoms with Gasteiger partial charge in [-0.2, -0.15) is 0 Å². The van der Waals surface area contributed by atoms with E-state index in [1.54, 1.807) is 6.92 Å². The Hall–Kier alpha value is -0.670. The van der Waals surface area contributed by atoms with Crippen LogP contribution in [-0.2, 0) is 4.79 Å². The van der Waals surface area contributed by atoms with Crippen molar-refractivity contribution in [1.82, 2.24) is 0 Å². The topological polar surface area (TPSA) is 57.5 Å². The Morgan fingerprint density at radius 1 is 1.17 bits per heavy atom. The molecule has 0 aromatic heterocycles. The van der Waals surface area contributed by atoms with Crippen molar-refractivity contribution >= 4 is 5.78 Å². The molecule has 0 bridgehead atoms. The monoisotopic (exact) mass is 252 g/mol. The first-order valence-electron chi connectivity index (χ1n) is 6.79. The molecule has 0 spiro atoms. The van der Waals surface area contributed by atoms with E-state index >= 15 is 0 Å². The van der Waals surface area contributed by atoms with Crippen molar-refractivity contribution < 1.29 is 15.0 Å². The first-order valence-corrected chi connectivity index (χ1v) is 6.79. The Morgan fingerprint density at radius 3 is 2.33 bits per heavy atom. The molecular formula is C15H24O3. The molecule has 0 amide bonds. The molecule has 102 valence electrons. The van der Waals surface area contributed by atoms with Gasteiger partial charge in [-0.15, -0.1) is 0 Å². The highest BCUT2D eigenvalue weighted by molar-refractivity contribution is 5.97. The molecule has 2 aliphatic rings. The van der Waals surface area contributed by atoms with Gasteiger partial charge in [0.05, 0.1) is 11.2 Å². The lowest BCUT2D eigenvalue weighted by Crippen LogP contribution is -2.41. The first-order chi connectivity index (χ1) is 8.15. The second-order valence-electron chi connectivity index (χ2n) is 6.75. The van der Waals surface area contributed by atoms with Crippen LogP contribution in [0.15, 0.2) is 11.1 Å². The van der Waals surface area contributed by atoms with Crippen LogP contribution < -0.4 is 0 Å². The zero-order chi connectivity index (χ0) is 13.7. The number of fused-ring (bicyclic) bond motifs is 1. The minimum atomic E-state index is -0.987. The molecule has 0 aromatic rings. The van der Waals surface area contributed by atoms with Crippen molar-refractivity contribution in [2.75, 3.05) is 0 Å². The Balaban J connectivity index is 2.45. The second kappa shape index (κ2) is 4.17. The SMILES string of the molecule is CC(C)=C1C[C@H]2[C@H](CC[C@]2(C)O)[C@@](C)(O)CC1=O. The summed E-state index contributed by atoms with van der Waals surface area (Å²) in [5, 5.41) is 21.1. The fourth-order valence-corrected chi connectivity index (χ4v) is 3.75. The summed E-state index contributed by atoms with van der Waals surface area (Å²) in [6, 6.07) is 0. The quantitative estimate of drug-likeness (QED) is 0.650. The summed E-state index contributed by atoms with van der Waals surface area (Å²) >= 11 is 0. The van der Waals surface area contributed by atoms with Crippen LogP contribution in [-0.4, -0.2) is 27.2 Å². The van der Waals surface area contributed by atoms with Crippen LogP contribution in [0, 0.1) is 11.8 Å². The summed E-state index contributed by atoms with van der Waals surface area (Å²) in [5.74, 6) is 0.0577. The Kier molecular flexibility index (Phi) is 3.19. The molecule has 2 fully saturated rings. The minimum absolute atomic E-state index is 0.0103. The average Bonchev–Trinajstić information content (AvgIpc) is 2.43. The molecule has 2 saturated carbocycles. The molecule has 18 heavy (non-hydrogen) atoms. The van der Waals surface area contributed by atoms with E-state index in [1.807, 2.05) is 20.8 Å². The average molecular weight is 252 g/mol. The highest BCUT2D eigenvalue weighted by Gasteiger charge is 2.53. The van der Waals surface area contributed by atoms with Crippen LogP contribution in [0.4, 0.5) is 0 Å². The number of carbonyl (C=O) groups excluding carboxylic acids is 1. The summed E-state index contributed by atoms with van der Waals surface area (Å²) in [4.78, 5) is 12.2. The summed E-state index contributed by atoms with van der Waals surface area (Å²) in [7, 11) is 0. The highest BCUT2D eigenvalue weighted by Crippen LogP contribution is 2.51. The Bertz CT molecular complexity index is 400. The summed E-state index contributed by atoms with van der Waals surface area (Å²) < 4.78 is 0. The zero-order valence-electron chi connectivity index (χ0n) is 11.8. The number of aliphatic hydroxyl groups is 2. The minimum Gasteiger partial charge on any atom is -0.390 e. The number of ketones is 1. The van der Waals surface area contributed by atoms with Gasteiger partial charge in [-0.3, -0.25) is 4.79 Å². The van der Waals surface area contributed by atoms with Crippen LogP contribution in [0.25, 0.3) is 0 Å². The zero-order valence-corrected chi connectivity index (χ0v) is 11.8. The van der Waals surface area contributed by atoms with Gasteiger partial charge in [0.2, 0.25) is 0 Å². The van der Waals surface area contributed by atoms with Crippen LogP contribution in [0.5, 0.6) is 0 Å². The summed E-state index contributed by atoms with van der Waals surface area (Å²) in [5.41, 5.74) is 0.0727. The maximum absolute atomic E-state index is 12.2. The fraction of sp³-hybridized carbons (Fsp3) is 0.800. The molecule has 0 heterocycles. The molecule has 2 rings (SSSR count). The standard InChI is InChI=1S/C15H24O3/c1-9(2)10-7-12-11(5-6-14(12,3)17)15(4,18)8-13(10)16/h11-12,17-18H,5-8H2,1-4H3/t11-,12-,14-,15-/m0/s1. The lowest BCUT2D eigenvalue weighted by molar-refractivity contribution is -0.121. The lowest BCUT2D eigenvalue weighted by Gasteiger charge is -2.34. The number of allylic oxidation sites excluding steroid dienone is 2. The van der Waals surface area contributed by atoms with Gasteiger partial charge < -0.3 is 10.2 Å². The maximum atomic E-state index is 12.2. The molecule has 0 saturated heterocycles. The summed E-state index contributed by atoms with van der Waals surface area (Å²) in [6.45, 7) is 7.46. The molecule has 0 aliphatic heterocycles. The van der Waals surface area contributed by atoms with E-state index in [0.717, 1.165) is 17.6 Å². The van der Waals surface area contributed by atoms with Gasteiger partial charge >= 0.3 is 0 Å². The van der Waals surface area contributed by atoms with E-state index in [9.17, 15) is 15.0 Å².